The van der Waals surface area contributed by atoms with E-state index in [2.05, 4.69) is 17.3 Å². The number of aryl methyl sites for hydroxylation is 3. The monoisotopic (exact) mass is 247 g/mol. The van der Waals surface area contributed by atoms with Crippen LogP contribution in [0.4, 0.5) is 10.1 Å². The van der Waals surface area contributed by atoms with Crippen LogP contribution < -0.4 is 5.32 Å². The van der Waals surface area contributed by atoms with Crippen LogP contribution in [0.25, 0.3) is 0 Å². The van der Waals surface area contributed by atoms with E-state index in [9.17, 15) is 4.39 Å². The number of nitrogens with zero attached hydrogens (tertiary/aromatic N) is 2. The second kappa shape index (κ2) is 5.21. The minimum Gasteiger partial charge on any atom is -0.378 e. The highest BCUT2D eigenvalue weighted by Crippen LogP contribution is 2.18. The van der Waals surface area contributed by atoms with Crippen LogP contribution in [0.15, 0.2) is 24.4 Å². The first kappa shape index (κ1) is 12.6. The van der Waals surface area contributed by atoms with Crippen molar-refractivity contribution in [2.24, 2.45) is 7.05 Å². The van der Waals surface area contributed by atoms with Crippen molar-refractivity contribution in [2.75, 3.05) is 5.32 Å². The molecule has 0 amide bonds. The molecule has 0 unspecified atom stereocenters. The molecule has 0 aliphatic heterocycles. The van der Waals surface area contributed by atoms with E-state index in [-0.39, 0.29) is 5.82 Å². The van der Waals surface area contributed by atoms with Crippen molar-refractivity contribution in [3.8, 4) is 0 Å². The normalized spacial score (nSPS) is 10.7. The van der Waals surface area contributed by atoms with Crippen molar-refractivity contribution >= 4 is 5.69 Å². The van der Waals surface area contributed by atoms with E-state index in [1.807, 2.05) is 19.3 Å². The molecule has 1 aromatic heterocycles. The number of halogens is 1. The van der Waals surface area contributed by atoms with Crippen LogP contribution in [0.5, 0.6) is 0 Å². The van der Waals surface area contributed by atoms with Crippen LogP contribution in [0.2, 0.25) is 0 Å². The molecule has 0 aliphatic rings. The Bertz CT molecular complexity index is 546. The molecule has 1 aromatic carbocycles. The van der Waals surface area contributed by atoms with Crippen LogP contribution in [-0.2, 0) is 20.0 Å². The van der Waals surface area contributed by atoms with Crippen molar-refractivity contribution in [3.05, 3.63) is 47.0 Å². The Morgan fingerprint density at radius 3 is 2.89 bits per heavy atom. The van der Waals surface area contributed by atoms with Gasteiger partial charge >= 0.3 is 0 Å². The van der Waals surface area contributed by atoms with Gasteiger partial charge < -0.3 is 5.32 Å². The lowest BCUT2D eigenvalue weighted by molar-refractivity contribution is 0.621. The molecule has 0 saturated heterocycles. The lowest BCUT2D eigenvalue weighted by Gasteiger charge is -2.08. The Labute approximate surface area is 107 Å². The number of benzene rings is 1. The zero-order valence-electron chi connectivity index (χ0n) is 11.0. The summed E-state index contributed by atoms with van der Waals surface area (Å²) in [6.45, 7) is 4.43. The summed E-state index contributed by atoms with van der Waals surface area (Å²) in [5.41, 5.74) is 3.36. The topological polar surface area (TPSA) is 29.9 Å². The van der Waals surface area contributed by atoms with Crippen molar-refractivity contribution in [1.29, 1.82) is 0 Å². The third-order valence-electron chi connectivity index (χ3n) is 2.99. The molecule has 18 heavy (non-hydrogen) atoms. The molecule has 0 radical (unpaired) electrons. The van der Waals surface area contributed by atoms with E-state index in [4.69, 9.17) is 0 Å². The van der Waals surface area contributed by atoms with Gasteiger partial charge in [0.15, 0.2) is 0 Å². The molecule has 0 saturated carbocycles. The first-order valence-electron chi connectivity index (χ1n) is 6.12. The Morgan fingerprint density at radius 1 is 1.39 bits per heavy atom. The predicted molar refractivity (Wildman–Crippen MR) is 71.0 cm³/mol. The summed E-state index contributed by atoms with van der Waals surface area (Å²) in [5.74, 6) is -0.181. The summed E-state index contributed by atoms with van der Waals surface area (Å²) >= 11 is 0. The number of nitrogens with one attached hydrogen (secondary N) is 1. The molecule has 1 N–H and O–H groups in total. The highest BCUT2D eigenvalue weighted by molar-refractivity contribution is 5.47. The average Bonchev–Trinajstić information content (AvgIpc) is 2.71. The maximum atomic E-state index is 13.8. The smallest absolute Gasteiger partial charge is 0.149 e. The van der Waals surface area contributed by atoms with Gasteiger partial charge in [0.25, 0.3) is 0 Å². The number of aromatic nitrogens is 2. The maximum Gasteiger partial charge on any atom is 0.149 e. The van der Waals surface area contributed by atoms with Gasteiger partial charge in [0.05, 0.1) is 11.4 Å². The molecule has 0 aliphatic carbocycles. The fourth-order valence-electron chi connectivity index (χ4n) is 2.00. The minimum atomic E-state index is -0.181. The molecular formula is C14H18FN3. The second-order valence-electron chi connectivity index (χ2n) is 4.42. The molecule has 0 spiro atoms. The molecule has 0 bridgehead atoms. The lowest BCUT2D eigenvalue weighted by Crippen LogP contribution is -2.03. The van der Waals surface area contributed by atoms with Gasteiger partial charge in [-0.15, -0.1) is 0 Å². The van der Waals surface area contributed by atoms with Crippen LogP contribution in [0.1, 0.15) is 23.7 Å². The van der Waals surface area contributed by atoms with Crippen molar-refractivity contribution < 1.29 is 4.39 Å². The summed E-state index contributed by atoms with van der Waals surface area (Å²) in [6.07, 6.45) is 2.85. The first-order valence-corrected chi connectivity index (χ1v) is 6.12. The molecule has 2 rings (SSSR count). The van der Waals surface area contributed by atoms with Crippen LogP contribution in [-0.4, -0.2) is 9.78 Å². The van der Waals surface area contributed by atoms with Crippen molar-refractivity contribution in [3.63, 3.8) is 0 Å². The largest absolute Gasteiger partial charge is 0.378 e. The SMILES string of the molecule is CCc1nn(C)cc1CNc1cccc(C)c1F. The highest BCUT2D eigenvalue weighted by Gasteiger charge is 2.08. The molecular weight excluding hydrogens is 229 g/mol. The summed E-state index contributed by atoms with van der Waals surface area (Å²) in [4.78, 5) is 0. The summed E-state index contributed by atoms with van der Waals surface area (Å²) in [6, 6.07) is 5.37. The molecule has 0 fully saturated rings. The lowest BCUT2D eigenvalue weighted by atomic mass is 10.2. The Balaban J connectivity index is 2.13. The molecule has 0 atom stereocenters. The summed E-state index contributed by atoms with van der Waals surface area (Å²) < 4.78 is 15.6. The Kier molecular flexibility index (Phi) is 3.65. The van der Waals surface area contributed by atoms with E-state index >= 15 is 0 Å². The highest BCUT2D eigenvalue weighted by atomic mass is 19.1. The molecule has 96 valence electrons. The number of anilines is 1. The third kappa shape index (κ3) is 2.53. The third-order valence-corrected chi connectivity index (χ3v) is 2.99. The summed E-state index contributed by atoms with van der Waals surface area (Å²) in [7, 11) is 1.90. The number of rotatable bonds is 4. The van der Waals surface area contributed by atoms with Crippen LogP contribution in [0.3, 0.4) is 0 Å². The molecule has 4 heteroatoms. The van der Waals surface area contributed by atoms with Crippen LogP contribution >= 0.6 is 0 Å². The number of hydrogen-bond donors (Lipinski definition) is 1. The Morgan fingerprint density at radius 2 is 2.17 bits per heavy atom. The van der Waals surface area contributed by atoms with E-state index in [1.54, 1.807) is 23.7 Å². The van der Waals surface area contributed by atoms with E-state index < -0.39 is 0 Å². The maximum absolute atomic E-state index is 13.8. The van der Waals surface area contributed by atoms with Gasteiger partial charge in [-0.3, -0.25) is 4.68 Å². The van der Waals surface area contributed by atoms with Crippen molar-refractivity contribution in [1.82, 2.24) is 9.78 Å². The van der Waals surface area contributed by atoms with Gasteiger partial charge in [-0.25, -0.2) is 4.39 Å². The van der Waals surface area contributed by atoms with Gasteiger partial charge in [-0.05, 0) is 25.0 Å². The van der Waals surface area contributed by atoms with Gasteiger partial charge in [0.2, 0.25) is 0 Å². The molecule has 2 aromatic rings. The average molecular weight is 247 g/mol. The van der Waals surface area contributed by atoms with Gasteiger partial charge in [-0.2, -0.15) is 5.10 Å². The first-order chi connectivity index (χ1) is 8.61. The van der Waals surface area contributed by atoms with Crippen LogP contribution in [0, 0.1) is 12.7 Å². The standard InChI is InChI=1S/C14H18FN3/c1-4-12-11(9-18(3)17-12)8-16-13-7-5-6-10(2)14(13)15/h5-7,9,16H,4,8H2,1-3H3. The number of hydrogen-bond acceptors (Lipinski definition) is 2. The fourth-order valence-corrected chi connectivity index (χ4v) is 2.00. The van der Waals surface area contributed by atoms with Gasteiger partial charge in [0.1, 0.15) is 5.82 Å². The summed E-state index contributed by atoms with van der Waals surface area (Å²) in [5, 5.41) is 7.49. The zero-order chi connectivity index (χ0) is 13.1. The molecule has 1 heterocycles. The minimum absolute atomic E-state index is 0.181. The Hall–Kier alpha value is -1.84. The quantitative estimate of drug-likeness (QED) is 0.900. The predicted octanol–water partition coefficient (Wildman–Crippen LogP) is 3.04. The van der Waals surface area contributed by atoms with Gasteiger partial charge in [0, 0.05) is 25.4 Å². The zero-order valence-corrected chi connectivity index (χ0v) is 11.0. The van der Waals surface area contributed by atoms with E-state index in [1.165, 1.54) is 0 Å². The van der Waals surface area contributed by atoms with Gasteiger partial charge in [-0.1, -0.05) is 19.1 Å². The molecule has 3 nitrogen and oxygen atoms in total. The fraction of sp³-hybridized carbons (Fsp3) is 0.357. The van der Waals surface area contributed by atoms with Crippen molar-refractivity contribution in [2.45, 2.75) is 26.8 Å². The second-order valence-corrected chi connectivity index (χ2v) is 4.42. The van der Waals surface area contributed by atoms with E-state index in [0.29, 0.717) is 17.8 Å². The van der Waals surface area contributed by atoms with E-state index in [0.717, 1.165) is 17.7 Å².